The van der Waals surface area contributed by atoms with Crippen LogP contribution in [0.1, 0.15) is 11.3 Å². The minimum Gasteiger partial charge on any atom is -0.395 e. The minimum absolute atomic E-state index is 0.0801. The SMILES string of the molecule is O=c1cc(CN(CCO)Cc2ccsc2)nc2ccccn12. The Balaban J connectivity index is 1.84. The average Bonchev–Trinajstić information content (AvgIpc) is 3.00. The van der Waals surface area contributed by atoms with Crippen LogP contribution < -0.4 is 5.56 Å². The number of hydrogen-bond acceptors (Lipinski definition) is 5. The van der Waals surface area contributed by atoms with E-state index >= 15 is 0 Å². The molecule has 6 heteroatoms. The third-order valence-electron chi connectivity index (χ3n) is 3.41. The second-order valence-corrected chi connectivity index (χ2v) is 5.86. The van der Waals surface area contributed by atoms with Crippen molar-refractivity contribution in [2.45, 2.75) is 13.1 Å². The van der Waals surface area contributed by atoms with Crippen molar-refractivity contribution >= 4 is 17.0 Å². The molecule has 0 aliphatic carbocycles. The predicted octanol–water partition coefficient (Wildman–Crippen LogP) is 1.75. The van der Waals surface area contributed by atoms with Crippen LogP contribution in [0, 0.1) is 0 Å². The molecule has 0 amide bonds. The first-order chi connectivity index (χ1) is 10.8. The highest BCUT2D eigenvalue weighted by molar-refractivity contribution is 7.07. The molecule has 22 heavy (non-hydrogen) atoms. The highest BCUT2D eigenvalue weighted by Crippen LogP contribution is 2.11. The second kappa shape index (κ2) is 6.83. The van der Waals surface area contributed by atoms with Crippen LogP contribution in [0.2, 0.25) is 0 Å². The molecule has 0 bridgehead atoms. The van der Waals surface area contributed by atoms with Crippen molar-refractivity contribution < 1.29 is 5.11 Å². The van der Waals surface area contributed by atoms with Crippen LogP contribution in [0.25, 0.3) is 5.65 Å². The van der Waals surface area contributed by atoms with E-state index in [0.717, 1.165) is 12.2 Å². The van der Waals surface area contributed by atoms with Gasteiger partial charge in [0.25, 0.3) is 5.56 Å². The molecule has 114 valence electrons. The molecular weight excluding hydrogens is 298 g/mol. The molecule has 0 unspecified atom stereocenters. The van der Waals surface area contributed by atoms with Crippen LogP contribution in [0.3, 0.4) is 0 Å². The predicted molar refractivity (Wildman–Crippen MR) is 87.0 cm³/mol. The fraction of sp³-hybridized carbons (Fsp3) is 0.250. The van der Waals surface area contributed by atoms with E-state index in [0.29, 0.717) is 18.7 Å². The van der Waals surface area contributed by atoms with Crippen molar-refractivity contribution in [2.24, 2.45) is 0 Å². The van der Waals surface area contributed by atoms with Crippen LogP contribution in [-0.4, -0.2) is 32.5 Å². The van der Waals surface area contributed by atoms with Gasteiger partial charge in [0.05, 0.1) is 12.3 Å². The first-order valence-corrected chi connectivity index (χ1v) is 8.02. The molecule has 0 aliphatic heterocycles. The van der Waals surface area contributed by atoms with Crippen molar-refractivity contribution in [1.29, 1.82) is 0 Å². The van der Waals surface area contributed by atoms with Gasteiger partial charge in [0.1, 0.15) is 5.65 Å². The summed E-state index contributed by atoms with van der Waals surface area (Å²) in [4.78, 5) is 18.7. The maximum atomic E-state index is 12.1. The minimum atomic E-state index is -0.0833. The van der Waals surface area contributed by atoms with Gasteiger partial charge in [0, 0.05) is 31.9 Å². The van der Waals surface area contributed by atoms with E-state index in [1.807, 2.05) is 23.6 Å². The number of pyridine rings is 1. The summed E-state index contributed by atoms with van der Waals surface area (Å²) >= 11 is 1.65. The van der Waals surface area contributed by atoms with Crippen molar-refractivity contribution in [2.75, 3.05) is 13.2 Å². The number of aromatic nitrogens is 2. The van der Waals surface area contributed by atoms with Crippen LogP contribution in [0.5, 0.6) is 0 Å². The van der Waals surface area contributed by atoms with Gasteiger partial charge in [-0.3, -0.25) is 14.1 Å². The van der Waals surface area contributed by atoms with Crippen LogP contribution in [0.15, 0.2) is 52.1 Å². The summed E-state index contributed by atoms with van der Waals surface area (Å²) in [5.41, 5.74) is 2.49. The van der Waals surface area contributed by atoms with Gasteiger partial charge >= 0.3 is 0 Å². The summed E-state index contributed by atoms with van der Waals surface area (Å²) in [5.74, 6) is 0. The van der Waals surface area contributed by atoms with Crippen molar-refractivity contribution in [3.8, 4) is 0 Å². The van der Waals surface area contributed by atoms with Gasteiger partial charge in [-0.25, -0.2) is 4.98 Å². The Bertz CT molecular complexity index is 799. The van der Waals surface area contributed by atoms with E-state index in [1.165, 1.54) is 9.96 Å². The quantitative estimate of drug-likeness (QED) is 0.753. The average molecular weight is 315 g/mol. The molecule has 0 aliphatic rings. The van der Waals surface area contributed by atoms with Gasteiger partial charge in [0.2, 0.25) is 0 Å². The summed E-state index contributed by atoms with van der Waals surface area (Å²) in [6.45, 7) is 1.90. The molecule has 5 nitrogen and oxygen atoms in total. The fourth-order valence-corrected chi connectivity index (χ4v) is 3.07. The van der Waals surface area contributed by atoms with E-state index in [-0.39, 0.29) is 12.2 Å². The summed E-state index contributed by atoms with van der Waals surface area (Å²) in [7, 11) is 0. The van der Waals surface area contributed by atoms with Crippen LogP contribution in [0.4, 0.5) is 0 Å². The third-order valence-corrected chi connectivity index (χ3v) is 4.14. The smallest absolute Gasteiger partial charge is 0.258 e. The van der Waals surface area contributed by atoms with Gasteiger partial charge in [-0.15, -0.1) is 0 Å². The number of hydrogen-bond donors (Lipinski definition) is 1. The van der Waals surface area contributed by atoms with Crippen LogP contribution >= 0.6 is 11.3 Å². The van der Waals surface area contributed by atoms with Gasteiger partial charge in [-0.05, 0) is 34.5 Å². The number of aliphatic hydroxyl groups excluding tert-OH is 1. The molecule has 3 aromatic rings. The van der Waals surface area contributed by atoms with Gasteiger partial charge in [-0.2, -0.15) is 11.3 Å². The highest BCUT2D eigenvalue weighted by Gasteiger charge is 2.10. The molecule has 3 heterocycles. The van der Waals surface area contributed by atoms with E-state index < -0.39 is 0 Å². The lowest BCUT2D eigenvalue weighted by Crippen LogP contribution is -2.27. The lowest BCUT2D eigenvalue weighted by molar-refractivity contribution is 0.183. The molecule has 0 radical (unpaired) electrons. The Kier molecular flexibility index (Phi) is 4.62. The molecule has 3 aromatic heterocycles. The number of nitrogens with zero attached hydrogens (tertiary/aromatic N) is 3. The number of aliphatic hydroxyl groups is 1. The molecule has 0 fully saturated rings. The molecular formula is C16H17N3O2S. The maximum absolute atomic E-state index is 12.1. The largest absolute Gasteiger partial charge is 0.395 e. The summed E-state index contributed by atoms with van der Waals surface area (Å²) in [5, 5.41) is 13.4. The molecule has 3 rings (SSSR count). The Morgan fingerprint density at radius 1 is 1.27 bits per heavy atom. The Hall–Kier alpha value is -2.02. The number of fused-ring (bicyclic) bond motifs is 1. The Morgan fingerprint density at radius 2 is 2.18 bits per heavy atom. The van der Waals surface area contributed by atoms with Gasteiger partial charge < -0.3 is 5.11 Å². The van der Waals surface area contributed by atoms with E-state index in [9.17, 15) is 9.90 Å². The normalized spacial score (nSPS) is 11.4. The molecule has 0 saturated carbocycles. The zero-order valence-corrected chi connectivity index (χ0v) is 12.9. The zero-order chi connectivity index (χ0) is 15.4. The van der Waals surface area contributed by atoms with Crippen molar-refractivity contribution in [3.63, 3.8) is 0 Å². The molecule has 0 aromatic carbocycles. The first kappa shape index (κ1) is 14.9. The summed E-state index contributed by atoms with van der Waals surface area (Å²) in [6.07, 6.45) is 1.71. The lowest BCUT2D eigenvalue weighted by Gasteiger charge is -2.20. The number of rotatable bonds is 6. The highest BCUT2D eigenvalue weighted by atomic mass is 32.1. The van der Waals surface area contributed by atoms with Crippen molar-refractivity contribution in [1.82, 2.24) is 14.3 Å². The van der Waals surface area contributed by atoms with E-state index in [1.54, 1.807) is 23.6 Å². The first-order valence-electron chi connectivity index (χ1n) is 7.08. The third kappa shape index (κ3) is 3.41. The van der Waals surface area contributed by atoms with E-state index in [4.69, 9.17) is 0 Å². The van der Waals surface area contributed by atoms with Crippen LogP contribution in [-0.2, 0) is 13.1 Å². The molecule has 1 N–H and O–H groups in total. The topological polar surface area (TPSA) is 57.8 Å². The second-order valence-electron chi connectivity index (χ2n) is 5.08. The molecule has 0 saturated heterocycles. The Labute approximate surface area is 132 Å². The Morgan fingerprint density at radius 3 is 2.95 bits per heavy atom. The molecule has 0 atom stereocenters. The zero-order valence-electron chi connectivity index (χ0n) is 12.1. The lowest BCUT2D eigenvalue weighted by atomic mass is 10.3. The molecule has 0 spiro atoms. The summed E-state index contributed by atoms with van der Waals surface area (Å²) < 4.78 is 1.53. The summed E-state index contributed by atoms with van der Waals surface area (Å²) in [6, 6.07) is 9.12. The van der Waals surface area contributed by atoms with Gasteiger partial charge in [-0.1, -0.05) is 6.07 Å². The standard InChI is InChI=1S/C16H17N3O2S/c20-7-6-18(10-13-4-8-22-12-13)11-14-9-16(21)19-5-2-1-3-15(19)17-14/h1-5,8-9,12,20H,6-7,10-11H2. The maximum Gasteiger partial charge on any atom is 0.258 e. The fourth-order valence-electron chi connectivity index (χ4n) is 2.41. The van der Waals surface area contributed by atoms with Gasteiger partial charge in [0.15, 0.2) is 0 Å². The van der Waals surface area contributed by atoms with E-state index in [2.05, 4.69) is 21.3 Å². The number of thiophene rings is 1. The van der Waals surface area contributed by atoms with Crippen molar-refractivity contribution in [3.05, 3.63) is 68.9 Å². The monoisotopic (exact) mass is 315 g/mol.